The molecule has 0 atom stereocenters. The van der Waals surface area contributed by atoms with Gasteiger partial charge in [-0.25, -0.2) is 4.79 Å². The van der Waals surface area contributed by atoms with Crippen molar-refractivity contribution in [1.29, 1.82) is 0 Å². The Bertz CT molecular complexity index is 949. The Morgan fingerprint density at radius 3 is 2.43 bits per heavy atom. The monoisotopic (exact) mass is 375 g/mol. The molecule has 0 heterocycles. The van der Waals surface area contributed by atoms with E-state index in [1.165, 1.54) is 40.8 Å². The molecule has 0 aromatic heterocycles. The van der Waals surface area contributed by atoms with Gasteiger partial charge in [0, 0.05) is 17.9 Å². The molecular formula is C25H29NO2. The van der Waals surface area contributed by atoms with Gasteiger partial charge in [-0.05, 0) is 103 Å². The van der Waals surface area contributed by atoms with E-state index in [0.29, 0.717) is 5.56 Å². The molecule has 0 amide bonds. The van der Waals surface area contributed by atoms with Crippen LogP contribution in [0.4, 0.5) is 11.4 Å². The molecule has 0 unspecified atom stereocenters. The van der Waals surface area contributed by atoms with E-state index >= 15 is 0 Å². The van der Waals surface area contributed by atoms with Crippen LogP contribution in [0.3, 0.4) is 0 Å². The first-order valence-corrected chi connectivity index (χ1v) is 10.2. The molecule has 3 heteroatoms. The van der Waals surface area contributed by atoms with E-state index in [1.807, 2.05) is 12.1 Å². The van der Waals surface area contributed by atoms with Crippen molar-refractivity contribution in [3.05, 3.63) is 64.7 Å². The highest BCUT2D eigenvalue weighted by Crippen LogP contribution is 2.44. The number of benzene rings is 2. The molecule has 2 aromatic rings. The number of hydrogen-bond acceptors (Lipinski definition) is 2. The zero-order valence-corrected chi connectivity index (χ0v) is 17.2. The molecule has 0 spiro atoms. The molecule has 146 valence electrons. The molecule has 1 fully saturated rings. The van der Waals surface area contributed by atoms with Crippen LogP contribution in [0.2, 0.25) is 0 Å². The molecule has 0 bridgehead atoms. The lowest BCUT2D eigenvalue weighted by Gasteiger charge is -2.35. The van der Waals surface area contributed by atoms with Gasteiger partial charge in [0.1, 0.15) is 0 Å². The number of aryl methyl sites for hydroxylation is 1. The van der Waals surface area contributed by atoms with Crippen LogP contribution in [0.25, 0.3) is 5.57 Å². The minimum absolute atomic E-state index is 0.121. The predicted octanol–water partition coefficient (Wildman–Crippen LogP) is 6.33. The number of anilines is 2. The quantitative estimate of drug-likeness (QED) is 0.664. The maximum Gasteiger partial charge on any atom is 0.335 e. The third-order valence-corrected chi connectivity index (χ3v) is 6.26. The largest absolute Gasteiger partial charge is 0.478 e. The SMILES string of the molecule is CC1=CCC(C)(C)c2cc(N(CC3CC3)c3ccc(C(=O)O)cc3)c(C)cc21. The van der Waals surface area contributed by atoms with Crippen molar-refractivity contribution in [2.24, 2.45) is 5.92 Å². The smallest absolute Gasteiger partial charge is 0.335 e. The minimum Gasteiger partial charge on any atom is -0.478 e. The molecular weight excluding hydrogens is 346 g/mol. The van der Waals surface area contributed by atoms with Crippen molar-refractivity contribution in [2.45, 2.75) is 52.4 Å². The fourth-order valence-electron chi connectivity index (χ4n) is 4.19. The number of carboxylic acids is 1. The predicted molar refractivity (Wildman–Crippen MR) is 116 cm³/mol. The van der Waals surface area contributed by atoms with Crippen LogP contribution in [0, 0.1) is 12.8 Å². The molecule has 3 nitrogen and oxygen atoms in total. The molecule has 0 aliphatic heterocycles. The Morgan fingerprint density at radius 1 is 1.14 bits per heavy atom. The van der Waals surface area contributed by atoms with Crippen LogP contribution < -0.4 is 4.90 Å². The number of carboxylic acid groups (broad SMARTS) is 1. The van der Waals surface area contributed by atoms with Crippen LogP contribution in [0.15, 0.2) is 42.5 Å². The molecule has 2 aliphatic rings. The summed E-state index contributed by atoms with van der Waals surface area (Å²) in [6.07, 6.45) is 5.97. The molecule has 2 aliphatic carbocycles. The molecule has 2 aromatic carbocycles. The maximum atomic E-state index is 11.2. The second kappa shape index (κ2) is 6.80. The van der Waals surface area contributed by atoms with Crippen molar-refractivity contribution in [1.82, 2.24) is 0 Å². The van der Waals surface area contributed by atoms with Gasteiger partial charge in [0.25, 0.3) is 0 Å². The molecule has 0 radical (unpaired) electrons. The van der Waals surface area contributed by atoms with Gasteiger partial charge < -0.3 is 10.0 Å². The molecule has 4 rings (SSSR count). The van der Waals surface area contributed by atoms with E-state index in [2.05, 4.69) is 50.8 Å². The number of carbonyl (C=O) groups is 1. The third kappa shape index (κ3) is 3.46. The van der Waals surface area contributed by atoms with Gasteiger partial charge in [0.2, 0.25) is 0 Å². The summed E-state index contributed by atoms with van der Waals surface area (Å²) in [6, 6.07) is 12.0. The van der Waals surface area contributed by atoms with Crippen LogP contribution in [-0.4, -0.2) is 17.6 Å². The van der Waals surface area contributed by atoms with Crippen molar-refractivity contribution in [3.8, 4) is 0 Å². The van der Waals surface area contributed by atoms with Crippen molar-refractivity contribution >= 4 is 22.9 Å². The van der Waals surface area contributed by atoms with E-state index < -0.39 is 5.97 Å². The first-order valence-electron chi connectivity index (χ1n) is 10.2. The second-order valence-corrected chi connectivity index (χ2v) is 9.07. The Balaban J connectivity index is 1.81. The first kappa shape index (κ1) is 18.8. The fraction of sp³-hybridized carbons (Fsp3) is 0.400. The first-order chi connectivity index (χ1) is 13.3. The second-order valence-electron chi connectivity index (χ2n) is 9.07. The van der Waals surface area contributed by atoms with E-state index in [0.717, 1.165) is 24.6 Å². The highest BCUT2D eigenvalue weighted by molar-refractivity contribution is 5.88. The molecule has 0 saturated heterocycles. The number of fused-ring (bicyclic) bond motifs is 1. The molecule has 28 heavy (non-hydrogen) atoms. The topological polar surface area (TPSA) is 40.5 Å². The summed E-state index contributed by atoms with van der Waals surface area (Å²) in [5.74, 6) is -0.154. The normalized spacial score (nSPS) is 17.6. The summed E-state index contributed by atoms with van der Waals surface area (Å²) in [5.41, 5.74) is 8.18. The zero-order chi connectivity index (χ0) is 20.1. The van der Waals surface area contributed by atoms with Crippen molar-refractivity contribution in [2.75, 3.05) is 11.4 Å². The average Bonchev–Trinajstić information content (AvgIpc) is 3.47. The lowest BCUT2D eigenvalue weighted by molar-refractivity contribution is 0.0697. The highest BCUT2D eigenvalue weighted by atomic mass is 16.4. The average molecular weight is 376 g/mol. The standard InChI is InChI=1S/C25H29NO2/c1-16-11-12-25(3,4)22-14-23(17(2)13-21(16)22)26(15-18-5-6-18)20-9-7-19(8-10-20)24(27)28/h7-11,13-14,18H,5-6,12,15H2,1-4H3,(H,27,28). The summed E-state index contributed by atoms with van der Waals surface area (Å²) in [6.45, 7) is 10.0. The van der Waals surface area contributed by atoms with Gasteiger partial charge >= 0.3 is 5.97 Å². The third-order valence-electron chi connectivity index (χ3n) is 6.26. The fourth-order valence-corrected chi connectivity index (χ4v) is 4.19. The summed E-state index contributed by atoms with van der Waals surface area (Å²) < 4.78 is 0. The highest BCUT2D eigenvalue weighted by Gasteiger charge is 2.30. The van der Waals surface area contributed by atoms with E-state index in [4.69, 9.17) is 0 Å². The lowest BCUT2D eigenvalue weighted by atomic mass is 9.73. The molecule has 1 N–H and O–H groups in total. The Labute approximate surface area is 167 Å². The zero-order valence-electron chi connectivity index (χ0n) is 17.2. The number of nitrogens with zero attached hydrogens (tertiary/aromatic N) is 1. The van der Waals surface area contributed by atoms with E-state index in [9.17, 15) is 9.90 Å². The van der Waals surface area contributed by atoms with E-state index in [1.54, 1.807) is 12.1 Å². The number of hydrogen-bond donors (Lipinski definition) is 1. The number of rotatable bonds is 5. The Hall–Kier alpha value is -2.55. The maximum absolute atomic E-state index is 11.2. The van der Waals surface area contributed by atoms with Gasteiger partial charge in [-0.15, -0.1) is 0 Å². The summed E-state index contributed by atoms with van der Waals surface area (Å²) >= 11 is 0. The van der Waals surface area contributed by atoms with E-state index in [-0.39, 0.29) is 5.41 Å². The summed E-state index contributed by atoms with van der Waals surface area (Å²) in [4.78, 5) is 13.6. The molecule has 1 saturated carbocycles. The Kier molecular flexibility index (Phi) is 4.57. The van der Waals surface area contributed by atoms with Crippen LogP contribution >= 0.6 is 0 Å². The van der Waals surface area contributed by atoms with Crippen LogP contribution in [0.5, 0.6) is 0 Å². The minimum atomic E-state index is -0.880. The van der Waals surface area contributed by atoms with Gasteiger partial charge in [0.15, 0.2) is 0 Å². The van der Waals surface area contributed by atoms with Gasteiger partial charge in [-0.2, -0.15) is 0 Å². The number of allylic oxidation sites excluding steroid dienone is 2. The summed E-state index contributed by atoms with van der Waals surface area (Å²) in [5, 5.41) is 9.23. The van der Waals surface area contributed by atoms with Gasteiger partial charge in [-0.1, -0.05) is 19.9 Å². The lowest BCUT2D eigenvalue weighted by Crippen LogP contribution is -2.25. The van der Waals surface area contributed by atoms with Gasteiger partial charge in [-0.3, -0.25) is 0 Å². The van der Waals surface area contributed by atoms with Crippen molar-refractivity contribution < 1.29 is 9.90 Å². The Morgan fingerprint density at radius 2 is 1.82 bits per heavy atom. The van der Waals surface area contributed by atoms with Gasteiger partial charge in [0.05, 0.1) is 5.56 Å². The summed E-state index contributed by atoms with van der Waals surface area (Å²) in [7, 11) is 0. The number of aromatic carboxylic acids is 1. The van der Waals surface area contributed by atoms with Crippen LogP contribution in [0.1, 0.15) is 67.1 Å². The van der Waals surface area contributed by atoms with Crippen LogP contribution in [-0.2, 0) is 5.41 Å². The van der Waals surface area contributed by atoms with Crippen molar-refractivity contribution in [3.63, 3.8) is 0 Å².